The van der Waals surface area contributed by atoms with Crippen molar-refractivity contribution in [2.45, 2.75) is 37.5 Å². The van der Waals surface area contributed by atoms with Gasteiger partial charge in [0.1, 0.15) is 17.3 Å². The molecule has 0 spiro atoms. The Kier molecular flexibility index (Phi) is 7.86. The summed E-state index contributed by atoms with van der Waals surface area (Å²) in [5.41, 5.74) is 1.66. The number of piperidine rings is 1. The van der Waals surface area contributed by atoms with Crippen molar-refractivity contribution in [3.8, 4) is 22.6 Å². The third-order valence-electron chi connectivity index (χ3n) is 7.60. The minimum Gasteiger partial charge on any atom is -0.457 e. The Hall–Kier alpha value is -3.49. The molecule has 8 heteroatoms. The zero-order valence-electron chi connectivity index (χ0n) is 22.2. The number of nitrogens with zero attached hydrogens (tertiary/aromatic N) is 1. The Morgan fingerprint density at radius 1 is 1.00 bits per heavy atom. The van der Waals surface area contributed by atoms with Crippen LogP contribution < -0.4 is 15.6 Å². The van der Waals surface area contributed by atoms with E-state index in [1.807, 2.05) is 12.1 Å². The Bertz CT molecular complexity index is 1670. The van der Waals surface area contributed by atoms with Crippen molar-refractivity contribution < 1.29 is 17.5 Å². The molecule has 1 aliphatic rings. The van der Waals surface area contributed by atoms with E-state index in [9.17, 15) is 13.2 Å². The molecule has 1 fully saturated rings. The predicted molar refractivity (Wildman–Crippen MR) is 153 cm³/mol. The summed E-state index contributed by atoms with van der Waals surface area (Å²) in [5.74, 6) is 0.930. The number of hydrogen-bond acceptors (Lipinski definition) is 5. The Balaban J connectivity index is 1.53. The molecule has 39 heavy (non-hydrogen) atoms. The van der Waals surface area contributed by atoms with E-state index in [-0.39, 0.29) is 22.0 Å². The van der Waals surface area contributed by atoms with E-state index < -0.39 is 9.84 Å². The first-order chi connectivity index (χ1) is 18.8. The van der Waals surface area contributed by atoms with E-state index in [0.717, 1.165) is 32.4 Å². The first kappa shape index (κ1) is 27.1. The van der Waals surface area contributed by atoms with Gasteiger partial charge in [0.25, 0.3) is 5.56 Å². The topological polar surface area (TPSA) is 77.4 Å². The number of ether oxygens (including phenoxy) is 1. The molecule has 0 atom stereocenters. The summed E-state index contributed by atoms with van der Waals surface area (Å²) < 4.78 is 48.2. The van der Waals surface area contributed by atoms with Gasteiger partial charge >= 0.3 is 0 Å². The average Bonchev–Trinajstić information content (AvgIpc) is 2.95. The summed E-state index contributed by atoms with van der Waals surface area (Å²) in [6, 6.07) is 16.8. The first-order valence-corrected chi connectivity index (χ1v) is 15.0. The van der Waals surface area contributed by atoms with Gasteiger partial charge in [0.05, 0.1) is 10.6 Å². The standard InChI is InChI=1S/C31H33FN2O4S/c1-3-39(36,37)24-12-13-30(27(19-24)28-20-34(2)31(35)26-7-5-4-6-25(26)28)38-23-11-10-22(29(32)18-23)9-8-21-14-16-33-17-15-21/h4-7,10-13,18-21,33H,3,8-9,14-17H2,1-2H3. The molecule has 0 aliphatic carbocycles. The van der Waals surface area contributed by atoms with Crippen molar-refractivity contribution in [3.63, 3.8) is 0 Å². The van der Waals surface area contributed by atoms with Crippen LogP contribution in [-0.4, -0.2) is 31.8 Å². The average molecular weight is 549 g/mol. The first-order valence-electron chi connectivity index (χ1n) is 13.4. The number of benzene rings is 3. The maximum atomic E-state index is 15.1. The molecule has 1 aliphatic heterocycles. The van der Waals surface area contributed by atoms with Gasteiger partial charge in [-0.05, 0) is 86.0 Å². The second-order valence-electron chi connectivity index (χ2n) is 10.2. The van der Waals surface area contributed by atoms with Crippen molar-refractivity contribution in [3.05, 3.63) is 88.6 Å². The lowest BCUT2D eigenvalue weighted by atomic mass is 9.91. The molecule has 0 unspecified atom stereocenters. The number of sulfone groups is 1. The van der Waals surface area contributed by atoms with E-state index in [1.54, 1.807) is 56.6 Å². The second-order valence-corrected chi connectivity index (χ2v) is 12.4. The van der Waals surface area contributed by atoms with Crippen molar-refractivity contribution >= 4 is 20.6 Å². The monoisotopic (exact) mass is 548 g/mol. The molecule has 2 heterocycles. The number of pyridine rings is 1. The van der Waals surface area contributed by atoms with Crippen molar-refractivity contribution in [1.29, 1.82) is 0 Å². The Morgan fingerprint density at radius 3 is 2.46 bits per heavy atom. The van der Waals surface area contributed by atoms with Gasteiger partial charge in [-0.3, -0.25) is 4.79 Å². The number of rotatable bonds is 8. The van der Waals surface area contributed by atoms with Crippen molar-refractivity contribution in [1.82, 2.24) is 9.88 Å². The number of hydrogen-bond donors (Lipinski definition) is 1. The van der Waals surface area contributed by atoms with Crippen LogP contribution in [0.2, 0.25) is 0 Å². The van der Waals surface area contributed by atoms with Crippen LogP contribution in [0.1, 0.15) is 31.7 Å². The molecular weight excluding hydrogens is 515 g/mol. The van der Waals surface area contributed by atoms with Gasteiger partial charge in [-0.15, -0.1) is 0 Å². The third-order valence-corrected chi connectivity index (χ3v) is 9.34. The van der Waals surface area contributed by atoms with E-state index in [4.69, 9.17) is 4.74 Å². The maximum absolute atomic E-state index is 15.1. The van der Waals surface area contributed by atoms with Crippen LogP contribution in [0.5, 0.6) is 11.5 Å². The van der Waals surface area contributed by atoms with Crippen LogP contribution in [0.15, 0.2) is 76.6 Å². The van der Waals surface area contributed by atoms with Gasteiger partial charge in [-0.25, -0.2) is 12.8 Å². The predicted octanol–water partition coefficient (Wildman–Crippen LogP) is 5.86. The maximum Gasteiger partial charge on any atom is 0.258 e. The molecule has 0 amide bonds. The molecule has 4 aromatic rings. The molecule has 1 N–H and O–H groups in total. The summed E-state index contributed by atoms with van der Waals surface area (Å²) in [7, 11) is -1.85. The molecule has 204 valence electrons. The van der Waals surface area contributed by atoms with Gasteiger partial charge in [0.2, 0.25) is 0 Å². The van der Waals surface area contributed by atoms with Gasteiger partial charge < -0.3 is 14.6 Å². The Morgan fingerprint density at radius 2 is 1.74 bits per heavy atom. The SMILES string of the molecule is CCS(=O)(=O)c1ccc(Oc2ccc(CCC3CCNCC3)c(F)c2)c(-c2cn(C)c(=O)c3ccccc23)c1. The lowest BCUT2D eigenvalue weighted by Crippen LogP contribution is -2.27. The molecule has 0 saturated carbocycles. The smallest absolute Gasteiger partial charge is 0.258 e. The molecule has 1 aromatic heterocycles. The number of fused-ring (bicyclic) bond motifs is 1. The van der Waals surface area contributed by atoms with Gasteiger partial charge in [0, 0.05) is 35.8 Å². The Labute approximate surface area is 228 Å². The molecule has 0 radical (unpaired) electrons. The van der Waals surface area contributed by atoms with Crippen LogP contribution in [-0.2, 0) is 23.3 Å². The van der Waals surface area contributed by atoms with E-state index in [0.29, 0.717) is 51.3 Å². The zero-order chi connectivity index (χ0) is 27.6. The minimum atomic E-state index is -3.51. The molecule has 6 nitrogen and oxygen atoms in total. The number of halogens is 1. The lowest BCUT2D eigenvalue weighted by Gasteiger charge is -2.22. The van der Waals surface area contributed by atoms with Crippen LogP contribution >= 0.6 is 0 Å². The van der Waals surface area contributed by atoms with E-state index >= 15 is 4.39 Å². The van der Waals surface area contributed by atoms with Crippen LogP contribution in [0.4, 0.5) is 4.39 Å². The van der Waals surface area contributed by atoms with E-state index in [2.05, 4.69) is 5.32 Å². The highest BCUT2D eigenvalue weighted by atomic mass is 32.2. The molecular formula is C31H33FN2O4S. The number of aromatic nitrogens is 1. The van der Waals surface area contributed by atoms with Gasteiger partial charge in [0.15, 0.2) is 9.84 Å². The zero-order valence-corrected chi connectivity index (χ0v) is 23.1. The van der Waals surface area contributed by atoms with Gasteiger partial charge in [-0.2, -0.15) is 0 Å². The lowest BCUT2D eigenvalue weighted by molar-refractivity contribution is 0.353. The largest absolute Gasteiger partial charge is 0.457 e. The second kappa shape index (κ2) is 11.3. The fraction of sp³-hybridized carbons (Fsp3) is 0.323. The fourth-order valence-corrected chi connectivity index (χ4v) is 6.16. The summed E-state index contributed by atoms with van der Waals surface area (Å²) in [4.78, 5) is 12.9. The summed E-state index contributed by atoms with van der Waals surface area (Å²) in [6.07, 6.45) is 5.55. The quantitative estimate of drug-likeness (QED) is 0.298. The fourth-order valence-electron chi connectivity index (χ4n) is 5.25. The summed E-state index contributed by atoms with van der Waals surface area (Å²) >= 11 is 0. The number of aryl methyl sites for hydroxylation is 2. The minimum absolute atomic E-state index is 0.0509. The molecule has 0 bridgehead atoms. The highest BCUT2D eigenvalue weighted by molar-refractivity contribution is 7.91. The van der Waals surface area contributed by atoms with Crippen LogP contribution in [0.3, 0.4) is 0 Å². The molecule has 1 saturated heterocycles. The summed E-state index contributed by atoms with van der Waals surface area (Å²) in [5, 5.41) is 4.55. The number of nitrogens with one attached hydrogen (secondary N) is 1. The van der Waals surface area contributed by atoms with Crippen molar-refractivity contribution in [2.75, 3.05) is 18.8 Å². The van der Waals surface area contributed by atoms with Crippen LogP contribution in [0.25, 0.3) is 21.9 Å². The third kappa shape index (κ3) is 5.77. The highest BCUT2D eigenvalue weighted by Gasteiger charge is 2.20. The molecule has 3 aromatic carbocycles. The normalized spacial score (nSPS) is 14.5. The van der Waals surface area contributed by atoms with Crippen molar-refractivity contribution in [2.24, 2.45) is 13.0 Å². The van der Waals surface area contributed by atoms with E-state index in [1.165, 1.54) is 16.7 Å². The molecule has 5 rings (SSSR count). The highest BCUT2D eigenvalue weighted by Crippen LogP contribution is 2.38. The summed E-state index contributed by atoms with van der Waals surface area (Å²) in [6.45, 7) is 3.63. The van der Waals surface area contributed by atoms with Gasteiger partial charge in [-0.1, -0.05) is 31.2 Å². The van der Waals surface area contributed by atoms with Crippen LogP contribution in [0, 0.1) is 11.7 Å².